The van der Waals surface area contributed by atoms with Gasteiger partial charge in [0.1, 0.15) is 6.07 Å². The van der Waals surface area contributed by atoms with Gasteiger partial charge < -0.3 is 4.90 Å². The maximum Gasteiger partial charge on any atom is 0.228 e. The molecule has 64 valence electrons. The summed E-state index contributed by atoms with van der Waals surface area (Å²) in [6.07, 6.45) is 0.597. The molecule has 0 spiro atoms. The molecule has 0 radical (unpaired) electrons. The summed E-state index contributed by atoms with van der Waals surface area (Å²) in [6, 6.07) is 9.23. The molecular weight excluding hydrogens is 164 g/mol. The van der Waals surface area contributed by atoms with Gasteiger partial charge in [-0.05, 0) is 12.1 Å². The fourth-order valence-corrected chi connectivity index (χ4v) is 1.37. The molecule has 3 heteroatoms. The molecule has 0 aromatic heterocycles. The third-order valence-corrected chi connectivity index (χ3v) is 2.17. The number of hydrogen-bond acceptors (Lipinski definition) is 2. The second-order valence-corrected chi connectivity index (χ2v) is 2.92. The smallest absolute Gasteiger partial charge is 0.228 e. The summed E-state index contributed by atoms with van der Waals surface area (Å²) >= 11 is 0. The van der Waals surface area contributed by atoms with Crippen molar-refractivity contribution in [3.8, 4) is 6.07 Å². The summed E-state index contributed by atoms with van der Waals surface area (Å²) in [5.74, 6) is 0.0997. The van der Waals surface area contributed by atoms with Crippen LogP contribution in [0.4, 0.5) is 5.69 Å². The molecule has 1 aromatic rings. The maximum atomic E-state index is 11.1. The molecule has 1 heterocycles. The Morgan fingerprint density at radius 3 is 2.69 bits per heavy atom. The number of rotatable bonds is 1. The van der Waals surface area contributed by atoms with E-state index >= 15 is 0 Å². The Bertz CT molecular complexity index is 392. The Balaban J connectivity index is 2.40. The van der Waals surface area contributed by atoms with Crippen LogP contribution in [0.1, 0.15) is 12.0 Å². The average Bonchev–Trinajstić information content (AvgIpc) is 2.16. The van der Waals surface area contributed by atoms with Crippen molar-refractivity contribution in [3.63, 3.8) is 0 Å². The van der Waals surface area contributed by atoms with Crippen LogP contribution in [0.25, 0.3) is 0 Å². The minimum atomic E-state index is 0.0997. The number of amides is 1. The highest BCUT2D eigenvalue weighted by Crippen LogP contribution is 2.24. The van der Waals surface area contributed by atoms with Crippen molar-refractivity contribution in [2.24, 2.45) is 0 Å². The molecule has 1 saturated heterocycles. The minimum absolute atomic E-state index is 0.0997. The van der Waals surface area contributed by atoms with Gasteiger partial charge >= 0.3 is 0 Å². The molecule has 1 aliphatic heterocycles. The van der Waals surface area contributed by atoms with Gasteiger partial charge in [-0.25, -0.2) is 0 Å². The van der Waals surface area contributed by atoms with E-state index in [0.29, 0.717) is 12.0 Å². The van der Waals surface area contributed by atoms with Crippen molar-refractivity contribution in [2.45, 2.75) is 6.42 Å². The Morgan fingerprint density at radius 2 is 2.15 bits per heavy atom. The second kappa shape index (κ2) is 2.91. The van der Waals surface area contributed by atoms with E-state index in [4.69, 9.17) is 5.26 Å². The molecule has 0 N–H and O–H groups in total. The summed E-state index contributed by atoms with van der Waals surface area (Å²) in [7, 11) is 0. The molecule has 1 fully saturated rings. The summed E-state index contributed by atoms with van der Waals surface area (Å²) in [5, 5.41) is 8.79. The van der Waals surface area contributed by atoms with Crippen LogP contribution in [0, 0.1) is 11.3 Å². The van der Waals surface area contributed by atoms with E-state index in [2.05, 4.69) is 6.07 Å². The zero-order valence-corrected chi connectivity index (χ0v) is 7.03. The Morgan fingerprint density at radius 1 is 1.38 bits per heavy atom. The molecule has 1 amide bonds. The highest BCUT2D eigenvalue weighted by Gasteiger charge is 2.26. The van der Waals surface area contributed by atoms with Gasteiger partial charge in [0, 0.05) is 13.0 Å². The Hall–Kier alpha value is -1.82. The van der Waals surface area contributed by atoms with Gasteiger partial charge in [0.05, 0.1) is 11.3 Å². The largest absolute Gasteiger partial charge is 0.311 e. The standard InChI is InChI=1S/C10H8N2O/c11-7-8-3-1-2-4-9(8)12-6-5-10(12)13/h1-4H,5-6H2. The number of nitriles is 1. The van der Waals surface area contributed by atoms with Gasteiger partial charge in [0.25, 0.3) is 0 Å². The van der Waals surface area contributed by atoms with Crippen LogP contribution in [0.15, 0.2) is 24.3 Å². The second-order valence-electron chi connectivity index (χ2n) is 2.92. The molecule has 0 saturated carbocycles. The molecule has 0 aliphatic carbocycles. The maximum absolute atomic E-state index is 11.1. The topological polar surface area (TPSA) is 44.1 Å². The summed E-state index contributed by atoms with van der Waals surface area (Å²) in [4.78, 5) is 12.8. The number of nitrogens with zero attached hydrogens (tertiary/aromatic N) is 2. The monoisotopic (exact) mass is 172 g/mol. The summed E-state index contributed by atoms with van der Waals surface area (Å²) < 4.78 is 0. The molecule has 0 atom stereocenters. The van der Waals surface area contributed by atoms with Crippen LogP contribution in [-0.2, 0) is 4.79 Å². The van der Waals surface area contributed by atoms with Crippen LogP contribution < -0.4 is 4.90 Å². The van der Waals surface area contributed by atoms with E-state index in [1.807, 2.05) is 6.07 Å². The molecule has 0 unspecified atom stereocenters. The summed E-state index contributed by atoms with van der Waals surface area (Å²) in [6.45, 7) is 0.734. The van der Waals surface area contributed by atoms with Gasteiger partial charge in [-0.2, -0.15) is 5.26 Å². The van der Waals surface area contributed by atoms with E-state index in [9.17, 15) is 4.79 Å². The molecular formula is C10H8N2O. The van der Waals surface area contributed by atoms with Crippen molar-refractivity contribution in [1.82, 2.24) is 0 Å². The number of carbonyl (C=O) groups excluding carboxylic acids is 1. The number of β-lactam (4-membered cyclic amide) rings is 1. The average molecular weight is 172 g/mol. The van der Waals surface area contributed by atoms with Gasteiger partial charge in [-0.15, -0.1) is 0 Å². The van der Waals surface area contributed by atoms with Gasteiger partial charge in [0.2, 0.25) is 5.91 Å². The van der Waals surface area contributed by atoms with Crippen LogP contribution in [0.3, 0.4) is 0 Å². The predicted molar refractivity (Wildman–Crippen MR) is 48.1 cm³/mol. The first kappa shape index (κ1) is 7.81. The van der Waals surface area contributed by atoms with Gasteiger partial charge in [0.15, 0.2) is 0 Å². The lowest BCUT2D eigenvalue weighted by atomic mass is 10.1. The summed E-state index contributed by atoms with van der Waals surface area (Å²) in [5.41, 5.74) is 1.30. The number of para-hydroxylation sites is 1. The number of carbonyl (C=O) groups is 1. The lowest BCUT2D eigenvalue weighted by molar-refractivity contribution is -0.122. The molecule has 2 rings (SSSR count). The zero-order chi connectivity index (χ0) is 9.26. The molecule has 1 aliphatic rings. The minimum Gasteiger partial charge on any atom is -0.311 e. The van der Waals surface area contributed by atoms with Crippen LogP contribution in [-0.4, -0.2) is 12.5 Å². The first-order valence-corrected chi connectivity index (χ1v) is 4.12. The van der Waals surface area contributed by atoms with E-state index in [1.54, 1.807) is 23.1 Å². The Labute approximate surface area is 76.2 Å². The third-order valence-electron chi connectivity index (χ3n) is 2.17. The first-order valence-electron chi connectivity index (χ1n) is 4.12. The van der Waals surface area contributed by atoms with Gasteiger partial charge in [-0.3, -0.25) is 4.79 Å². The van der Waals surface area contributed by atoms with E-state index < -0.39 is 0 Å². The van der Waals surface area contributed by atoms with E-state index in [1.165, 1.54) is 0 Å². The van der Waals surface area contributed by atoms with E-state index in [0.717, 1.165) is 12.2 Å². The molecule has 13 heavy (non-hydrogen) atoms. The number of anilines is 1. The highest BCUT2D eigenvalue weighted by atomic mass is 16.2. The highest BCUT2D eigenvalue weighted by molar-refractivity contribution is 6.00. The van der Waals surface area contributed by atoms with Crippen LogP contribution in [0.5, 0.6) is 0 Å². The lowest BCUT2D eigenvalue weighted by Crippen LogP contribution is -2.43. The molecule has 0 bridgehead atoms. The van der Waals surface area contributed by atoms with Crippen molar-refractivity contribution >= 4 is 11.6 Å². The van der Waals surface area contributed by atoms with Crippen molar-refractivity contribution < 1.29 is 4.79 Å². The van der Waals surface area contributed by atoms with Crippen LogP contribution in [0.2, 0.25) is 0 Å². The third kappa shape index (κ3) is 1.17. The normalized spacial score (nSPS) is 15.0. The zero-order valence-electron chi connectivity index (χ0n) is 7.03. The fourth-order valence-electron chi connectivity index (χ4n) is 1.37. The van der Waals surface area contributed by atoms with Crippen molar-refractivity contribution in [1.29, 1.82) is 5.26 Å². The number of hydrogen-bond donors (Lipinski definition) is 0. The first-order chi connectivity index (χ1) is 6.33. The van der Waals surface area contributed by atoms with E-state index in [-0.39, 0.29) is 5.91 Å². The molecule has 1 aromatic carbocycles. The van der Waals surface area contributed by atoms with Crippen molar-refractivity contribution in [2.75, 3.05) is 11.4 Å². The van der Waals surface area contributed by atoms with Crippen LogP contribution >= 0.6 is 0 Å². The fraction of sp³-hybridized carbons (Fsp3) is 0.200. The Kier molecular flexibility index (Phi) is 1.75. The molecule has 3 nitrogen and oxygen atoms in total. The SMILES string of the molecule is N#Cc1ccccc1N1CCC1=O. The number of benzene rings is 1. The predicted octanol–water partition coefficient (Wildman–Crippen LogP) is 1.29. The van der Waals surface area contributed by atoms with Gasteiger partial charge in [-0.1, -0.05) is 12.1 Å². The lowest BCUT2D eigenvalue weighted by Gasteiger charge is -2.31. The van der Waals surface area contributed by atoms with Crippen molar-refractivity contribution in [3.05, 3.63) is 29.8 Å². The quantitative estimate of drug-likeness (QED) is 0.599.